The lowest BCUT2D eigenvalue weighted by atomic mass is 10.1. The number of rotatable bonds is 4. The molecule has 0 atom stereocenters. The molecule has 0 saturated heterocycles. The molecule has 0 aliphatic rings. The van der Waals surface area contributed by atoms with Gasteiger partial charge in [-0.05, 0) is 24.6 Å². The maximum Gasteiger partial charge on any atom is 0.221 e. The van der Waals surface area contributed by atoms with Gasteiger partial charge in [-0.3, -0.25) is 9.48 Å². The molecule has 2 rings (SSSR count). The van der Waals surface area contributed by atoms with Gasteiger partial charge in [-0.25, -0.2) is 0 Å². The van der Waals surface area contributed by atoms with Gasteiger partial charge < -0.3 is 10.6 Å². The molecule has 2 aromatic rings. The van der Waals surface area contributed by atoms with Crippen molar-refractivity contribution in [2.24, 2.45) is 7.05 Å². The summed E-state index contributed by atoms with van der Waals surface area (Å²) in [5.74, 6) is -0.0799. The molecular weight excluding hydrogens is 242 g/mol. The predicted molar refractivity (Wildman–Crippen MR) is 73.8 cm³/mol. The zero-order valence-corrected chi connectivity index (χ0v) is 11.3. The van der Waals surface area contributed by atoms with Crippen molar-refractivity contribution in [3.8, 4) is 0 Å². The number of aryl methyl sites for hydroxylation is 2. The topological polar surface area (TPSA) is 71.8 Å². The molecule has 0 radical (unpaired) electrons. The first-order valence-corrected chi connectivity index (χ1v) is 6.02. The first-order chi connectivity index (χ1) is 9.04. The standard InChI is InChI=1S/C13H17N5O/c1-9-4-5-11(15-10(2)19)6-13(9)14-7-12-8-18(3)17-16-12/h4-6,8,14H,7H2,1-3H3,(H,15,19). The van der Waals surface area contributed by atoms with Crippen molar-refractivity contribution in [2.75, 3.05) is 10.6 Å². The van der Waals surface area contributed by atoms with Crippen LogP contribution in [0.2, 0.25) is 0 Å². The van der Waals surface area contributed by atoms with Crippen molar-refractivity contribution < 1.29 is 4.79 Å². The number of hydrogen-bond donors (Lipinski definition) is 2. The van der Waals surface area contributed by atoms with Crippen LogP contribution in [0.15, 0.2) is 24.4 Å². The lowest BCUT2D eigenvalue weighted by Crippen LogP contribution is -2.07. The maximum atomic E-state index is 11.0. The predicted octanol–water partition coefficient (Wildman–Crippen LogP) is 1.69. The van der Waals surface area contributed by atoms with Crippen LogP contribution in [0.3, 0.4) is 0 Å². The average Bonchev–Trinajstić information content (AvgIpc) is 2.75. The van der Waals surface area contributed by atoms with Crippen LogP contribution in [-0.2, 0) is 18.4 Å². The summed E-state index contributed by atoms with van der Waals surface area (Å²) in [6, 6.07) is 5.75. The number of aromatic nitrogens is 3. The van der Waals surface area contributed by atoms with Crippen LogP contribution in [0.5, 0.6) is 0 Å². The number of hydrogen-bond acceptors (Lipinski definition) is 4. The first-order valence-electron chi connectivity index (χ1n) is 6.02. The molecular formula is C13H17N5O. The van der Waals surface area contributed by atoms with Gasteiger partial charge in [-0.15, -0.1) is 5.10 Å². The van der Waals surface area contributed by atoms with E-state index in [4.69, 9.17) is 0 Å². The smallest absolute Gasteiger partial charge is 0.221 e. The molecule has 0 saturated carbocycles. The SMILES string of the molecule is CC(=O)Nc1ccc(C)c(NCc2cn(C)nn2)c1. The van der Waals surface area contributed by atoms with Crippen molar-refractivity contribution in [3.05, 3.63) is 35.7 Å². The number of carbonyl (C=O) groups excluding carboxylic acids is 1. The molecule has 0 unspecified atom stereocenters. The third kappa shape index (κ3) is 3.54. The van der Waals surface area contributed by atoms with E-state index in [9.17, 15) is 4.79 Å². The third-order valence-electron chi connectivity index (χ3n) is 2.67. The molecule has 6 heteroatoms. The zero-order valence-electron chi connectivity index (χ0n) is 11.3. The van der Waals surface area contributed by atoms with E-state index in [0.717, 1.165) is 22.6 Å². The summed E-state index contributed by atoms with van der Waals surface area (Å²) < 4.78 is 1.66. The van der Waals surface area contributed by atoms with Crippen LogP contribution < -0.4 is 10.6 Å². The van der Waals surface area contributed by atoms with Gasteiger partial charge in [0.25, 0.3) is 0 Å². The summed E-state index contributed by atoms with van der Waals surface area (Å²) in [6.45, 7) is 4.10. The van der Waals surface area contributed by atoms with Gasteiger partial charge in [0.15, 0.2) is 0 Å². The Bertz CT molecular complexity index is 590. The highest BCUT2D eigenvalue weighted by atomic mass is 16.1. The Morgan fingerprint density at radius 3 is 2.84 bits per heavy atom. The Morgan fingerprint density at radius 1 is 1.42 bits per heavy atom. The van der Waals surface area contributed by atoms with Crippen LogP contribution in [0.25, 0.3) is 0 Å². The molecule has 1 aromatic carbocycles. The van der Waals surface area contributed by atoms with Crippen molar-refractivity contribution >= 4 is 17.3 Å². The Hall–Kier alpha value is -2.37. The van der Waals surface area contributed by atoms with Crippen LogP contribution in [0.1, 0.15) is 18.2 Å². The maximum absolute atomic E-state index is 11.0. The molecule has 0 aliphatic carbocycles. The quantitative estimate of drug-likeness (QED) is 0.876. The first kappa shape index (κ1) is 13.1. The van der Waals surface area contributed by atoms with Gasteiger partial charge in [0.1, 0.15) is 5.69 Å². The molecule has 0 fully saturated rings. The van der Waals surface area contributed by atoms with Gasteiger partial charge in [0, 0.05) is 31.5 Å². The van der Waals surface area contributed by atoms with Gasteiger partial charge >= 0.3 is 0 Å². The van der Waals surface area contributed by atoms with E-state index in [2.05, 4.69) is 20.9 Å². The molecule has 1 heterocycles. The van der Waals surface area contributed by atoms with Crippen LogP contribution in [0, 0.1) is 6.92 Å². The second-order valence-electron chi connectivity index (χ2n) is 4.45. The number of carbonyl (C=O) groups is 1. The van der Waals surface area contributed by atoms with Crippen molar-refractivity contribution in [1.82, 2.24) is 15.0 Å². The van der Waals surface area contributed by atoms with E-state index in [1.54, 1.807) is 4.68 Å². The Morgan fingerprint density at radius 2 is 2.21 bits per heavy atom. The molecule has 6 nitrogen and oxygen atoms in total. The Balaban J connectivity index is 2.08. The molecule has 0 bridgehead atoms. The molecule has 0 aliphatic heterocycles. The summed E-state index contributed by atoms with van der Waals surface area (Å²) in [5.41, 5.74) is 3.72. The number of benzene rings is 1. The van der Waals surface area contributed by atoms with E-state index < -0.39 is 0 Å². The van der Waals surface area contributed by atoms with Gasteiger partial charge in [-0.2, -0.15) is 0 Å². The van der Waals surface area contributed by atoms with Crippen molar-refractivity contribution in [3.63, 3.8) is 0 Å². The number of nitrogens with zero attached hydrogens (tertiary/aromatic N) is 3. The minimum Gasteiger partial charge on any atom is -0.379 e. The van der Waals surface area contributed by atoms with E-state index >= 15 is 0 Å². The normalized spacial score (nSPS) is 10.3. The average molecular weight is 259 g/mol. The second-order valence-corrected chi connectivity index (χ2v) is 4.45. The highest BCUT2D eigenvalue weighted by Gasteiger charge is 2.03. The fraction of sp³-hybridized carbons (Fsp3) is 0.308. The Labute approximate surface area is 111 Å². The van der Waals surface area contributed by atoms with Crippen LogP contribution in [-0.4, -0.2) is 20.9 Å². The number of nitrogens with one attached hydrogen (secondary N) is 2. The minimum atomic E-state index is -0.0799. The van der Waals surface area contributed by atoms with E-state index in [-0.39, 0.29) is 5.91 Å². The molecule has 0 spiro atoms. The molecule has 19 heavy (non-hydrogen) atoms. The van der Waals surface area contributed by atoms with Gasteiger partial charge in [0.2, 0.25) is 5.91 Å². The Kier molecular flexibility index (Phi) is 3.79. The highest BCUT2D eigenvalue weighted by Crippen LogP contribution is 2.20. The van der Waals surface area contributed by atoms with E-state index in [0.29, 0.717) is 6.54 Å². The van der Waals surface area contributed by atoms with Gasteiger partial charge in [-0.1, -0.05) is 11.3 Å². The highest BCUT2D eigenvalue weighted by molar-refractivity contribution is 5.89. The van der Waals surface area contributed by atoms with E-state index in [1.807, 2.05) is 38.4 Å². The largest absolute Gasteiger partial charge is 0.379 e. The lowest BCUT2D eigenvalue weighted by molar-refractivity contribution is -0.114. The monoisotopic (exact) mass is 259 g/mol. The zero-order chi connectivity index (χ0) is 13.8. The number of amides is 1. The molecule has 1 amide bonds. The third-order valence-corrected chi connectivity index (χ3v) is 2.67. The number of anilines is 2. The minimum absolute atomic E-state index is 0.0799. The lowest BCUT2D eigenvalue weighted by Gasteiger charge is -2.10. The van der Waals surface area contributed by atoms with Crippen LogP contribution >= 0.6 is 0 Å². The van der Waals surface area contributed by atoms with E-state index in [1.165, 1.54) is 6.92 Å². The van der Waals surface area contributed by atoms with Crippen LogP contribution in [0.4, 0.5) is 11.4 Å². The second kappa shape index (κ2) is 5.51. The fourth-order valence-corrected chi connectivity index (χ4v) is 1.76. The summed E-state index contributed by atoms with van der Waals surface area (Å²) in [5, 5.41) is 13.9. The fourth-order valence-electron chi connectivity index (χ4n) is 1.76. The van der Waals surface area contributed by atoms with Gasteiger partial charge in [0.05, 0.1) is 6.54 Å². The summed E-state index contributed by atoms with van der Waals surface area (Å²) in [7, 11) is 1.83. The van der Waals surface area contributed by atoms with Crippen molar-refractivity contribution in [2.45, 2.75) is 20.4 Å². The molecule has 1 aromatic heterocycles. The summed E-state index contributed by atoms with van der Waals surface area (Å²) in [4.78, 5) is 11.0. The molecule has 2 N–H and O–H groups in total. The summed E-state index contributed by atoms with van der Waals surface area (Å²) >= 11 is 0. The molecule has 100 valence electrons. The summed E-state index contributed by atoms with van der Waals surface area (Å²) in [6.07, 6.45) is 1.86. The van der Waals surface area contributed by atoms with Crippen molar-refractivity contribution in [1.29, 1.82) is 0 Å².